The highest BCUT2D eigenvalue weighted by molar-refractivity contribution is 5.32. The second kappa shape index (κ2) is 8.42. The number of aliphatic hydroxyl groups excluding tert-OH is 1. The van der Waals surface area contributed by atoms with Gasteiger partial charge in [-0.25, -0.2) is 0 Å². The first-order valence-electron chi connectivity index (χ1n) is 13.2. The molecule has 0 heterocycles. The summed E-state index contributed by atoms with van der Waals surface area (Å²) in [6.07, 6.45) is 17.8. The molecule has 0 saturated heterocycles. The molecule has 30 heavy (non-hydrogen) atoms. The molecular weight excluding hydrogens is 364 g/mol. The van der Waals surface area contributed by atoms with E-state index < -0.39 is 0 Å². The van der Waals surface area contributed by atoms with Crippen LogP contribution in [0.5, 0.6) is 0 Å². The van der Waals surface area contributed by atoms with E-state index in [1.54, 1.807) is 5.57 Å². The fourth-order valence-corrected chi connectivity index (χ4v) is 8.92. The molecule has 0 aromatic rings. The Bertz CT molecular complexity index is 686. The largest absolute Gasteiger partial charge is 0.388 e. The van der Waals surface area contributed by atoms with Crippen molar-refractivity contribution in [3.63, 3.8) is 0 Å². The van der Waals surface area contributed by atoms with Gasteiger partial charge in [-0.15, -0.1) is 0 Å². The van der Waals surface area contributed by atoms with Crippen LogP contribution >= 0.6 is 0 Å². The van der Waals surface area contributed by atoms with Crippen LogP contribution in [0.3, 0.4) is 0 Å². The molecule has 1 heteroatoms. The molecule has 0 amide bonds. The molecule has 4 aliphatic rings. The van der Waals surface area contributed by atoms with Crippen LogP contribution in [-0.2, 0) is 0 Å². The molecule has 8 atom stereocenters. The number of allylic oxidation sites excluding steroid dienone is 2. The van der Waals surface area contributed by atoms with Crippen molar-refractivity contribution in [2.24, 2.45) is 46.3 Å². The Kier molecular flexibility index (Phi) is 6.35. The third-order valence-electron chi connectivity index (χ3n) is 10.6. The summed E-state index contributed by atoms with van der Waals surface area (Å²) < 4.78 is 0. The van der Waals surface area contributed by atoms with Crippen LogP contribution in [0.4, 0.5) is 0 Å². The van der Waals surface area contributed by atoms with E-state index in [1.807, 2.05) is 0 Å². The number of aliphatic hydroxyl groups is 1. The maximum atomic E-state index is 10.6. The van der Waals surface area contributed by atoms with Crippen molar-refractivity contribution in [2.75, 3.05) is 0 Å². The lowest BCUT2D eigenvalue weighted by molar-refractivity contribution is -0.0502. The summed E-state index contributed by atoms with van der Waals surface area (Å²) >= 11 is 0. The van der Waals surface area contributed by atoms with Gasteiger partial charge in [0.1, 0.15) is 0 Å². The topological polar surface area (TPSA) is 20.2 Å². The molecule has 0 spiro atoms. The molecule has 0 aromatic carbocycles. The zero-order valence-electron chi connectivity index (χ0n) is 20.7. The molecule has 4 rings (SSSR count). The quantitative estimate of drug-likeness (QED) is 0.454. The highest BCUT2D eigenvalue weighted by atomic mass is 16.3. The second-order valence-electron chi connectivity index (χ2n) is 12.6. The average molecular weight is 413 g/mol. The Hall–Kier alpha value is -0.560. The minimum absolute atomic E-state index is 0.234. The standard InChI is InChI=1S/C29H48O/c1-7-21-18-29(6)22(17-27(21)30)11-12-23-25-14-13-24(20(4)10-8-9-19(2)3)28(25,5)16-15-26(23)29/h7,11,19-20,23-27,30H,8-10,12-18H2,1-6H3/t20-,23+,24-,25+,26+,27?,28-,29+/m1/s1. The third kappa shape index (κ3) is 3.66. The summed E-state index contributed by atoms with van der Waals surface area (Å²) in [6, 6.07) is 0. The van der Waals surface area contributed by atoms with Crippen molar-refractivity contribution < 1.29 is 5.11 Å². The van der Waals surface area contributed by atoms with Gasteiger partial charge in [0.25, 0.3) is 0 Å². The van der Waals surface area contributed by atoms with Crippen molar-refractivity contribution in [1.82, 2.24) is 0 Å². The van der Waals surface area contributed by atoms with Crippen LogP contribution in [0, 0.1) is 46.3 Å². The van der Waals surface area contributed by atoms with Gasteiger partial charge in [0.2, 0.25) is 0 Å². The Balaban J connectivity index is 1.52. The summed E-state index contributed by atoms with van der Waals surface area (Å²) in [6.45, 7) is 14.7. The smallest absolute Gasteiger partial charge is 0.0787 e. The minimum Gasteiger partial charge on any atom is -0.388 e. The highest BCUT2D eigenvalue weighted by Crippen LogP contribution is 2.67. The number of hydrogen-bond donors (Lipinski definition) is 1. The maximum Gasteiger partial charge on any atom is 0.0787 e. The Morgan fingerprint density at radius 3 is 2.57 bits per heavy atom. The first kappa shape index (κ1) is 22.6. The Morgan fingerprint density at radius 1 is 1.10 bits per heavy atom. The molecule has 3 saturated carbocycles. The molecule has 170 valence electrons. The zero-order valence-corrected chi connectivity index (χ0v) is 20.7. The van der Waals surface area contributed by atoms with Crippen molar-refractivity contribution in [3.05, 3.63) is 23.3 Å². The van der Waals surface area contributed by atoms with Crippen LogP contribution in [0.15, 0.2) is 23.3 Å². The molecule has 0 aromatic heterocycles. The van der Waals surface area contributed by atoms with Gasteiger partial charge in [-0.05, 0) is 104 Å². The van der Waals surface area contributed by atoms with E-state index in [2.05, 4.69) is 53.7 Å². The summed E-state index contributed by atoms with van der Waals surface area (Å²) in [7, 11) is 0. The lowest BCUT2D eigenvalue weighted by atomic mass is 9.46. The lowest BCUT2D eigenvalue weighted by Crippen LogP contribution is -2.51. The Morgan fingerprint density at radius 2 is 1.87 bits per heavy atom. The van der Waals surface area contributed by atoms with Crippen LogP contribution < -0.4 is 0 Å². The predicted octanol–water partition coefficient (Wildman–Crippen LogP) is 7.94. The van der Waals surface area contributed by atoms with E-state index in [4.69, 9.17) is 0 Å². The van der Waals surface area contributed by atoms with Gasteiger partial charge < -0.3 is 5.11 Å². The molecule has 3 fully saturated rings. The van der Waals surface area contributed by atoms with E-state index >= 15 is 0 Å². The van der Waals surface area contributed by atoms with Gasteiger partial charge in [-0.1, -0.05) is 71.6 Å². The van der Waals surface area contributed by atoms with Crippen LogP contribution in [-0.4, -0.2) is 11.2 Å². The maximum absolute atomic E-state index is 10.6. The summed E-state index contributed by atoms with van der Waals surface area (Å²) in [5.41, 5.74) is 3.75. The van der Waals surface area contributed by atoms with E-state index in [0.29, 0.717) is 10.8 Å². The van der Waals surface area contributed by atoms with Crippen LogP contribution in [0.1, 0.15) is 106 Å². The lowest BCUT2D eigenvalue weighted by Gasteiger charge is -2.58. The number of hydrogen-bond acceptors (Lipinski definition) is 1. The molecular formula is C29H48O. The van der Waals surface area contributed by atoms with Crippen molar-refractivity contribution in [2.45, 2.75) is 112 Å². The summed E-state index contributed by atoms with van der Waals surface area (Å²) in [5, 5.41) is 10.6. The molecule has 1 N–H and O–H groups in total. The first-order chi connectivity index (χ1) is 14.2. The van der Waals surface area contributed by atoms with E-state index in [1.165, 1.54) is 56.9 Å². The highest BCUT2D eigenvalue weighted by Gasteiger charge is 2.59. The van der Waals surface area contributed by atoms with Crippen molar-refractivity contribution >= 4 is 0 Å². The minimum atomic E-state index is -0.234. The van der Waals surface area contributed by atoms with E-state index in [0.717, 1.165) is 48.3 Å². The normalized spacial score (nSPS) is 45.7. The first-order valence-corrected chi connectivity index (χ1v) is 13.2. The van der Waals surface area contributed by atoms with Gasteiger partial charge in [0.05, 0.1) is 6.10 Å². The fraction of sp³-hybridized carbons (Fsp3) is 0.862. The molecule has 4 aliphatic carbocycles. The number of fused-ring (bicyclic) bond motifs is 5. The third-order valence-corrected chi connectivity index (χ3v) is 10.6. The van der Waals surface area contributed by atoms with Gasteiger partial charge >= 0.3 is 0 Å². The second-order valence-corrected chi connectivity index (χ2v) is 12.6. The van der Waals surface area contributed by atoms with E-state index in [9.17, 15) is 5.11 Å². The summed E-state index contributed by atoms with van der Waals surface area (Å²) in [4.78, 5) is 0. The molecule has 0 bridgehead atoms. The summed E-state index contributed by atoms with van der Waals surface area (Å²) in [5.74, 6) is 5.30. The molecule has 1 unspecified atom stereocenters. The molecule has 0 radical (unpaired) electrons. The van der Waals surface area contributed by atoms with Crippen LogP contribution in [0.25, 0.3) is 0 Å². The van der Waals surface area contributed by atoms with Gasteiger partial charge in [0, 0.05) is 0 Å². The molecule has 1 nitrogen and oxygen atoms in total. The van der Waals surface area contributed by atoms with Gasteiger partial charge in [-0.2, -0.15) is 0 Å². The van der Waals surface area contributed by atoms with Gasteiger partial charge in [-0.3, -0.25) is 0 Å². The SMILES string of the molecule is CC=C1C[C@@]2(C)C(=CC[C@H]3[C@@H]4CC[C@H]([C@H](C)CCCC(C)C)[C@@]4(C)CC[C@@H]32)CC1O. The molecule has 0 aliphatic heterocycles. The monoisotopic (exact) mass is 412 g/mol. The Labute approximate surface area is 186 Å². The fourth-order valence-electron chi connectivity index (χ4n) is 8.92. The van der Waals surface area contributed by atoms with Crippen molar-refractivity contribution in [3.8, 4) is 0 Å². The van der Waals surface area contributed by atoms with E-state index in [-0.39, 0.29) is 6.10 Å². The average Bonchev–Trinajstić information content (AvgIpc) is 3.05. The van der Waals surface area contributed by atoms with Gasteiger partial charge in [0.15, 0.2) is 0 Å². The van der Waals surface area contributed by atoms with Crippen LogP contribution in [0.2, 0.25) is 0 Å². The van der Waals surface area contributed by atoms with Crippen molar-refractivity contribution in [1.29, 1.82) is 0 Å². The predicted molar refractivity (Wildman–Crippen MR) is 128 cm³/mol. The number of rotatable bonds is 5. The zero-order chi connectivity index (χ0) is 21.7.